The van der Waals surface area contributed by atoms with Crippen molar-refractivity contribution in [3.8, 4) is 17.2 Å². The van der Waals surface area contributed by atoms with Crippen molar-refractivity contribution in [3.05, 3.63) is 83.8 Å². The highest BCUT2D eigenvalue weighted by Crippen LogP contribution is 2.35. The lowest BCUT2D eigenvalue weighted by molar-refractivity contribution is -0.711. The first-order chi connectivity index (χ1) is 16.3. The lowest BCUT2D eigenvalue weighted by Gasteiger charge is -2.07. The van der Waals surface area contributed by atoms with Crippen molar-refractivity contribution in [2.45, 2.75) is 19.8 Å². The molecule has 0 aliphatic carbocycles. The van der Waals surface area contributed by atoms with Gasteiger partial charge in [0.05, 0.1) is 17.6 Å². The molecule has 0 fully saturated rings. The summed E-state index contributed by atoms with van der Waals surface area (Å²) < 4.78 is 40.8. The quantitative estimate of drug-likeness (QED) is 0.181. The van der Waals surface area contributed by atoms with Crippen molar-refractivity contribution < 1.29 is 37.1 Å². The Kier molecular flexibility index (Phi) is 6.94. The van der Waals surface area contributed by atoms with Crippen LogP contribution in [0.5, 0.6) is 5.88 Å². The summed E-state index contributed by atoms with van der Waals surface area (Å²) in [5, 5.41) is 4.05. The molecule has 0 atom stereocenters. The van der Waals surface area contributed by atoms with Gasteiger partial charge in [0.1, 0.15) is 12.2 Å². The van der Waals surface area contributed by atoms with Crippen LogP contribution < -0.4 is 15.0 Å². The maximum absolute atomic E-state index is 13.1. The number of hydrogen-bond acceptors (Lipinski definition) is 8. The van der Waals surface area contributed by atoms with Gasteiger partial charge >= 0.3 is 7.82 Å². The van der Waals surface area contributed by atoms with Crippen LogP contribution in [-0.2, 0) is 28.8 Å². The smallest absolute Gasteiger partial charge is 0.471 e. The maximum Gasteiger partial charge on any atom is 0.472 e. The van der Waals surface area contributed by atoms with Gasteiger partial charge in [0.15, 0.2) is 5.76 Å². The molecule has 0 bridgehead atoms. The molecule has 4 aromatic heterocycles. The third-order valence-corrected chi connectivity index (χ3v) is 5.08. The lowest BCUT2D eigenvalue weighted by atomic mass is 10.1. The first-order valence-corrected chi connectivity index (χ1v) is 11.4. The monoisotopic (exact) mass is 488 g/mol. The van der Waals surface area contributed by atoms with E-state index in [-0.39, 0.29) is 12.4 Å². The summed E-state index contributed by atoms with van der Waals surface area (Å²) in [6.07, 6.45) is 3.58. The van der Waals surface area contributed by atoms with Crippen LogP contribution in [0.3, 0.4) is 0 Å². The number of aromatic nitrogens is 4. The number of nitrogen functional groups attached to an aromatic ring is 1. The Labute approximate surface area is 192 Å². The molecule has 13 heteroatoms. The summed E-state index contributed by atoms with van der Waals surface area (Å²) in [7, 11) is -4.64. The van der Waals surface area contributed by atoms with Crippen molar-refractivity contribution in [1.82, 2.24) is 15.1 Å². The average Bonchev–Trinajstić information content (AvgIpc) is 3.25. The van der Waals surface area contributed by atoms with Crippen LogP contribution >= 0.6 is 7.82 Å². The summed E-state index contributed by atoms with van der Waals surface area (Å²) in [5.74, 6) is 0.371. The fourth-order valence-electron chi connectivity index (χ4n) is 3.03. The van der Waals surface area contributed by atoms with Crippen LogP contribution in [-0.4, -0.2) is 24.9 Å². The van der Waals surface area contributed by atoms with Crippen LogP contribution in [0.15, 0.2) is 65.4 Å². The number of pyridine rings is 3. The van der Waals surface area contributed by atoms with Gasteiger partial charge in [-0.05, 0) is 29.8 Å². The highest BCUT2D eigenvalue weighted by Gasteiger charge is 2.20. The number of phosphoric acid groups is 1. The van der Waals surface area contributed by atoms with E-state index in [1.165, 1.54) is 16.8 Å². The van der Waals surface area contributed by atoms with Gasteiger partial charge in [-0.15, -0.1) is 0 Å². The van der Waals surface area contributed by atoms with Crippen LogP contribution in [0, 0.1) is 5.95 Å². The van der Waals surface area contributed by atoms with Gasteiger partial charge in [-0.25, -0.2) is 23.6 Å². The molecule has 0 aliphatic rings. The molecule has 0 amide bonds. The molecule has 11 nitrogen and oxygen atoms in total. The molecule has 0 unspecified atom stereocenters. The second-order valence-electron chi connectivity index (χ2n) is 7.13. The zero-order valence-electron chi connectivity index (χ0n) is 17.6. The number of rotatable bonds is 9. The Bertz CT molecular complexity index is 1330. The third-order valence-electron chi connectivity index (χ3n) is 4.63. The van der Waals surface area contributed by atoms with Gasteiger partial charge in [0.2, 0.25) is 18.6 Å². The third kappa shape index (κ3) is 6.21. The van der Waals surface area contributed by atoms with E-state index in [1.807, 2.05) is 6.07 Å². The Morgan fingerprint density at radius 3 is 2.74 bits per heavy atom. The van der Waals surface area contributed by atoms with E-state index in [4.69, 9.17) is 24.8 Å². The number of hydrogen-bond donors (Lipinski definition) is 3. The van der Waals surface area contributed by atoms with Gasteiger partial charge in [0, 0.05) is 24.8 Å². The van der Waals surface area contributed by atoms with Crippen LogP contribution in [0.1, 0.15) is 17.0 Å². The molecule has 176 valence electrons. The van der Waals surface area contributed by atoms with Gasteiger partial charge in [0.25, 0.3) is 5.82 Å². The van der Waals surface area contributed by atoms with Gasteiger partial charge < -0.3 is 19.0 Å². The Morgan fingerprint density at radius 2 is 2.00 bits per heavy atom. The molecule has 4 rings (SSSR count). The molecule has 4 aromatic rings. The lowest BCUT2D eigenvalue weighted by Crippen LogP contribution is -2.38. The first-order valence-electron chi connectivity index (χ1n) is 9.90. The van der Waals surface area contributed by atoms with E-state index in [1.54, 1.807) is 42.6 Å². The normalized spacial score (nSPS) is 11.5. The van der Waals surface area contributed by atoms with E-state index < -0.39 is 20.5 Å². The van der Waals surface area contributed by atoms with Crippen LogP contribution in [0.25, 0.3) is 11.3 Å². The van der Waals surface area contributed by atoms with Crippen molar-refractivity contribution in [2.75, 3.05) is 5.73 Å². The molecular weight excluding hydrogens is 468 g/mol. The van der Waals surface area contributed by atoms with Crippen molar-refractivity contribution in [1.29, 1.82) is 0 Å². The molecule has 0 radical (unpaired) electrons. The minimum absolute atomic E-state index is 0.0917. The zero-order valence-corrected chi connectivity index (χ0v) is 18.5. The van der Waals surface area contributed by atoms with Gasteiger partial charge in [-0.3, -0.25) is 5.73 Å². The van der Waals surface area contributed by atoms with Crippen molar-refractivity contribution in [3.63, 3.8) is 0 Å². The van der Waals surface area contributed by atoms with E-state index in [9.17, 15) is 8.96 Å². The standard InChI is InChI=1S/C21H19FN5O6P/c22-19-5-1-3-15(25-19)12-31-20-7-6-14(11-24-20)9-16-10-18(33-26-16)17-4-2-8-27(21(17)23)13-32-34(28,29)30/h1-8,10-11,23H,9,12-13H2,(H2,28,29,30)/p+1. The molecule has 0 saturated carbocycles. The second kappa shape index (κ2) is 10.1. The predicted molar refractivity (Wildman–Crippen MR) is 115 cm³/mol. The average molecular weight is 488 g/mol. The molecule has 0 aliphatic heterocycles. The molecule has 4 heterocycles. The van der Waals surface area contributed by atoms with Crippen LogP contribution in [0.4, 0.5) is 10.2 Å². The Morgan fingerprint density at radius 1 is 1.15 bits per heavy atom. The molecular formula is C21H20FN5O6P+. The van der Waals surface area contributed by atoms with E-state index in [0.717, 1.165) is 5.56 Å². The Balaban J connectivity index is 1.40. The number of ether oxygens (including phenoxy) is 1. The van der Waals surface area contributed by atoms with Crippen molar-refractivity contribution in [2.24, 2.45) is 0 Å². The zero-order chi connectivity index (χ0) is 24.1. The number of anilines is 1. The summed E-state index contributed by atoms with van der Waals surface area (Å²) in [6, 6.07) is 13.0. The minimum Gasteiger partial charge on any atom is -0.471 e. The fraction of sp³-hybridized carbons (Fsp3) is 0.143. The highest BCUT2D eigenvalue weighted by molar-refractivity contribution is 7.46. The first kappa shape index (κ1) is 23.5. The molecule has 4 N–H and O–H groups in total. The summed E-state index contributed by atoms with van der Waals surface area (Å²) in [4.78, 5) is 25.7. The fourth-order valence-corrected chi connectivity index (χ4v) is 3.31. The summed E-state index contributed by atoms with van der Waals surface area (Å²) in [5.41, 5.74) is 8.51. The SMILES string of the molecule is Nc1c(-c2cc(Cc3ccc(OCc4cccc(F)n4)nc3)no2)ccc[n+]1COP(=O)(O)O. The second-order valence-corrected chi connectivity index (χ2v) is 8.37. The molecule has 0 saturated heterocycles. The minimum atomic E-state index is -4.64. The number of nitrogens with zero attached hydrogens (tertiary/aromatic N) is 4. The topological polar surface area (TPSA) is 158 Å². The van der Waals surface area contributed by atoms with Crippen LogP contribution in [0.2, 0.25) is 0 Å². The Hall–Kier alpha value is -3.70. The summed E-state index contributed by atoms with van der Waals surface area (Å²) >= 11 is 0. The number of nitrogens with two attached hydrogens (primary N) is 1. The van der Waals surface area contributed by atoms with E-state index in [2.05, 4.69) is 19.6 Å². The molecule has 34 heavy (non-hydrogen) atoms. The van der Waals surface area contributed by atoms with Crippen molar-refractivity contribution >= 4 is 13.6 Å². The molecule has 0 spiro atoms. The largest absolute Gasteiger partial charge is 0.472 e. The highest BCUT2D eigenvalue weighted by atomic mass is 31.2. The summed E-state index contributed by atoms with van der Waals surface area (Å²) in [6.45, 7) is -0.339. The molecule has 0 aromatic carbocycles. The number of phosphoric ester groups is 1. The number of halogens is 1. The van der Waals surface area contributed by atoms with E-state index >= 15 is 0 Å². The maximum atomic E-state index is 13.1. The predicted octanol–water partition coefficient (Wildman–Crippen LogP) is 2.38. The van der Waals surface area contributed by atoms with Gasteiger partial charge in [-0.1, -0.05) is 17.3 Å². The van der Waals surface area contributed by atoms with E-state index in [0.29, 0.717) is 35.0 Å². The van der Waals surface area contributed by atoms with Gasteiger partial charge in [-0.2, -0.15) is 4.39 Å².